The number of carbonyl (C=O) groups excluding carboxylic acids is 1. The first-order valence-corrected chi connectivity index (χ1v) is 10.9. The molecule has 156 valence electrons. The van der Waals surface area contributed by atoms with Crippen molar-refractivity contribution >= 4 is 17.2 Å². The average molecular weight is 426 g/mol. The van der Waals surface area contributed by atoms with Gasteiger partial charge in [-0.25, -0.2) is 0 Å². The molecule has 30 heavy (non-hydrogen) atoms. The van der Waals surface area contributed by atoms with Crippen LogP contribution in [-0.2, 0) is 17.8 Å². The van der Waals surface area contributed by atoms with Crippen molar-refractivity contribution in [2.45, 2.75) is 19.4 Å². The highest BCUT2D eigenvalue weighted by Crippen LogP contribution is 2.32. The number of hydrogen-bond donors (Lipinski definition) is 0. The average Bonchev–Trinajstić information content (AvgIpc) is 3.53. The molecule has 2 aliphatic rings. The second kappa shape index (κ2) is 8.45. The number of benzene rings is 1. The standard InChI is InChI=1S/C21H22N4O4S/c26-20(6-5-19-22-21(23-29-19)18-2-1-11-30-18)25-9-7-24(8-10-25)13-15-3-4-16-17(12-15)28-14-27-16/h1-4,11-12H,5-10,13-14H2. The number of fused-ring (bicyclic) bond motifs is 1. The summed E-state index contributed by atoms with van der Waals surface area (Å²) < 4.78 is 16.1. The van der Waals surface area contributed by atoms with Crippen LogP contribution in [0.1, 0.15) is 17.9 Å². The van der Waals surface area contributed by atoms with Crippen LogP contribution in [0.3, 0.4) is 0 Å². The van der Waals surface area contributed by atoms with E-state index in [0.717, 1.165) is 49.1 Å². The van der Waals surface area contributed by atoms with E-state index in [-0.39, 0.29) is 5.91 Å². The van der Waals surface area contributed by atoms with Crippen LogP contribution >= 0.6 is 11.3 Å². The number of thiophene rings is 1. The molecule has 5 rings (SSSR count). The van der Waals surface area contributed by atoms with Gasteiger partial charge >= 0.3 is 0 Å². The lowest BCUT2D eigenvalue weighted by atomic mass is 10.1. The first kappa shape index (κ1) is 19.1. The summed E-state index contributed by atoms with van der Waals surface area (Å²) in [6, 6.07) is 9.96. The summed E-state index contributed by atoms with van der Waals surface area (Å²) in [5.41, 5.74) is 1.19. The van der Waals surface area contributed by atoms with Crippen molar-refractivity contribution in [1.29, 1.82) is 0 Å². The monoisotopic (exact) mass is 426 g/mol. The molecule has 1 fully saturated rings. The molecule has 0 N–H and O–H groups in total. The Bertz CT molecular complexity index is 1010. The molecule has 0 atom stereocenters. The maximum absolute atomic E-state index is 12.6. The highest BCUT2D eigenvalue weighted by atomic mass is 32.1. The largest absolute Gasteiger partial charge is 0.454 e. The summed E-state index contributed by atoms with van der Waals surface area (Å²) in [5.74, 6) is 2.84. The van der Waals surface area contributed by atoms with Gasteiger partial charge in [-0.3, -0.25) is 9.69 Å². The number of ether oxygens (including phenoxy) is 2. The molecule has 1 amide bonds. The molecule has 2 aromatic heterocycles. The van der Waals surface area contributed by atoms with Gasteiger partial charge < -0.3 is 18.9 Å². The third kappa shape index (κ3) is 4.17. The number of rotatable bonds is 6. The first-order valence-electron chi connectivity index (χ1n) is 10.00. The van der Waals surface area contributed by atoms with Gasteiger partial charge in [0.1, 0.15) is 0 Å². The van der Waals surface area contributed by atoms with Crippen molar-refractivity contribution < 1.29 is 18.8 Å². The minimum atomic E-state index is 0.133. The topological polar surface area (TPSA) is 80.9 Å². The third-order valence-electron chi connectivity index (χ3n) is 5.33. The van der Waals surface area contributed by atoms with Crippen LogP contribution in [0.2, 0.25) is 0 Å². The minimum absolute atomic E-state index is 0.133. The molecule has 0 aliphatic carbocycles. The summed E-state index contributed by atoms with van der Waals surface area (Å²) in [4.78, 5) is 22.2. The van der Waals surface area contributed by atoms with Gasteiger partial charge in [-0.1, -0.05) is 17.3 Å². The molecular formula is C21H22N4O4S. The van der Waals surface area contributed by atoms with Crippen molar-refractivity contribution in [2.24, 2.45) is 0 Å². The first-order chi connectivity index (χ1) is 14.7. The zero-order valence-corrected chi connectivity index (χ0v) is 17.3. The predicted molar refractivity (Wildman–Crippen MR) is 110 cm³/mol. The Hall–Kier alpha value is -2.91. The van der Waals surface area contributed by atoms with Crippen LogP contribution in [0.4, 0.5) is 0 Å². The zero-order valence-electron chi connectivity index (χ0n) is 16.5. The summed E-state index contributed by atoms with van der Waals surface area (Å²) in [6.45, 7) is 4.29. The Kier molecular flexibility index (Phi) is 5.37. The highest BCUT2D eigenvalue weighted by molar-refractivity contribution is 7.13. The van der Waals surface area contributed by atoms with Crippen molar-refractivity contribution in [3.05, 3.63) is 47.2 Å². The molecule has 0 radical (unpaired) electrons. The fraction of sp³-hybridized carbons (Fsp3) is 0.381. The van der Waals surface area contributed by atoms with Gasteiger partial charge in [0, 0.05) is 45.6 Å². The van der Waals surface area contributed by atoms with Crippen molar-refractivity contribution in [3.8, 4) is 22.2 Å². The Labute approximate surface area is 178 Å². The molecule has 8 nitrogen and oxygen atoms in total. The minimum Gasteiger partial charge on any atom is -0.454 e. The Morgan fingerprint density at radius 1 is 1.10 bits per heavy atom. The molecule has 0 spiro atoms. The Balaban J connectivity index is 1.08. The van der Waals surface area contributed by atoms with E-state index in [9.17, 15) is 4.79 Å². The molecule has 0 unspecified atom stereocenters. The van der Waals surface area contributed by atoms with Crippen LogP contribution in [0.5, 0.6) is 11.5 Å². The van der Waals surface area contributed by atoms with E-state index in [2.05, 4.69) is 21.1 Å². The van der Waals surface area contributed by atoms with Crippen molar-refractivity contribution in [3.63, 3.8) is 0 Å². The summed E-state index contributed by atoms with van der Waals surface area (Å²) in [7, 11) is 0. The fourth-order valence-corrected chi connectivity index (χ4v) is 4.34. The number of amides is 1. The molecule has 0 bridgehead atoms. The van der Waals surface area contributed by atoms with Crippen molar-refractivity contribution in [1.82, 2.24) is 19.9 Å². The van der Waals surface area contributed by atoms with E-state index in [4.69, 9.17) is 14.0 Å². The SMILES string of the molecule is O=C(CCc1nc(-c2cccs2)no1)N1CCN(Cc2ccc3c(c2)OCO3)CC1. The normalized spacial score (nSPS) is 16.2. The summed E-state index contributed by atoms with van der Waals surface area (Å²) in [6.07, 6.45) is 0.850. The van der Waals surface area contributed by atoms with Gasteiger partial charge in [-0.15, -0.1) is 11.3 Å². The number of carbonyl (C=O) groups is 1. The number of aromatic nitrogens is 2. The van der Waals surface area contributed by atoms with E-state index < -0.39 is 0 Å². The maximum atomic E-state index is 12.6. The van der Waals surface area contributed by atoms with Gasteiger partial charge in [0.15, 0.2) is 11.5 Å². The fourth-order valence-electron chi connectivity index (χ4n) is 3.69. The Morgan fingerprint density at radius 3 is 2.80 bits per heavy atom. The molecule has 4 heterocycles. The lowest BCUT2D eigenvalue weighted by molar-refractivity contribution is -0.133. The summed E-state index contributed by atoms with van der Waals surface area (Å²) in [5, 5.41) is 5.97. The third-order valence-corrected chi connectivity index (χ3v) is 6.20. The van der Waals surface area contributed by atoms with E-state index in [1.165, 1.54) is 5.56 Å². The van der Waals surface area contributed by atoms with E-state index >= 15 is 0 Å². The maximum Gasteiger partial charge on any atom is 0.231 e. The highest BCUT2D eigenvalue weighted by Gasteiger charge is 2.22. The van der Waals surface area contributed by atoms with Crippen LogP contribution in [0, 0.1) is 0 Å². The molecule has 3 aromatic rings. The van der Waals surface area contributed by atoms with Crippen molar-refractivity contribution in [2.75, 3.05) is 33.0 Å². The predicted octanol–water partition coefficient (Wildman–Crippen LogP) is 2.80. The second-order valence-electron chi connectivity index (χ2n) is 7.33. The Morgan fingerprint density at radius 2 is 1.97 bits per heavy atom. The van der Waals surface area contributed by atoms with Gasteiger partial charge in [0.05, 0.1) is 4.88 Å². The quantitative estimate of drug-likeness (QED) is 0.600. The molecule has 9 heteroatoms. The molecule has 0 saturated carbocycles. The van der Waals surface area contributed by atoms with Crippen LogP contribution < -0.4 is 9.47 Å². The van der Waals surface area contributed by atoms with E-state index in [1.807, 2.05) is 34.5 Å². The number of aryl methyl sites for hydroxylation is 1. The molecule has 2 aliphatic heterocycles. The van der Waals surface area contributed by atoms with E-state index in [1.54, 1.807) is 11.3 Å². The number of hydrogen-bond acceptors (Lipinski definition) is 8. The van der Waals surface area contributed by atoms with Crippen LogP contribution in [0.15, 0.2) is 40.2 Å². The smallest absolute Gasteiger partial charge is 0.231 e. The lowest BCUT2D eigenvalue weighted by Gasteiger charge is -2.34. The van der Waals surface area contributed by atoms with E-state index in [0.29, 0.717) is 31.3 Å². The molecular weight excluding hydrogens is 404 g/mol. The van der Waals surface area contributed by atoms with Crippen LogP contribution in [0.25, 0.3) is 10.7 Å². The van der Waals surface area contributed by atoms with Gasteiger partial charge in [0.2, 0.25) is 24.4 Å². The van der Waals surface area contributed by atoms with Gasteiger partial charge in [-0.2, -0.15) is 4.98 Å². The van der Waals surface area contributed by atoms with Gasteiger partial charge in [0.25, 0.3) is 0 Å². The van der Waals surface area contributed by atoms with Gasteiger partial charge in [-0.05, 0) is 29.1 Å². The van der Waals surface area contributed by atoms with Crippen LogP contribution in [-0.4, -0.2) is 58.8 Å². The zero-order chi connectivity index (χ0) is 20.3. The molecule has 1 saturated heterocycles. The lowest BCUT2D eigenvalue weighted by Crippen LogP contribution is -2.48. The molecule has 1 aromatic carbocycles. The number of piperazine rings is 1. The summed E-state index contributed by atoms with van der Waals surface area (Å²) >= 11 is 1.56. The second-order valence-corrected chi connectivity index (χ2v) is 8.28. The number of nitrogens with zero attached hydrogens (tertiary/aromatic N) is 4.